The number of anilines is 1. The number of rotatable bonds is 0. The van der Waals surface area contributed by atoms with E-state index in [0.717, 1.165) is 30.3 Å². The fourth-order valence-electron chi connectivity index (χ4n) is 3.55. The van der Waals surface area contributed by atoms with E-state index in [1.165, 1.54) is 0 Å². The number of nitrogens with zero attached hydrogens (tertiary/aromatic N) is 2. The Morgan fingerprint density at radius 3 is 2.63 bits per heavy atom. The molecule has 0 aliphatic carbocycles. The van der Waals surface area contributed by atoms with E-state index < -0.39 is 0 Å². The third-order valence-electron chi connectivity index (χ3n) is 4.98. The molecule has 0 spiro atoms. The Morgan fingerprint density at radius 2 is 1.78 bits per heavy atom. The summed E-state index contributed by atoms with van der Waals surface area (Å²) < 4.78 is 2.10. The summed E-state index contributed by atoms with van der Waals surface area (Å²) in [6, 6.07) is 14.8. The van der Waals surface area contributed by atoms with Crippen LogP contribution in [0.25, 0.3) is 11.0 Å². The quantitative estimate of drug-likeness (QED) is 0.639. The van der Waals surface area contributed by atoms with Gasteiger partial charge in [0.1, 0.15) is 0 Å². The molecule has 0 saturated heterocycles. The maximum atomic E-state index is 12.8. The molecule has 2 heterocycles. The van der Waals surface area contributed by atoms with Crippen LogP contribution in [0.2, 0.25) is 0 Å². The van der Waals surface area contributed by atoms with E-state index in [9.17, 15) is 9.59 Å². The average Bonchev–Trinajstić information content (AvgIpc) is 3.04. The largest absolute Gasteiger partial charge is 0.352 e. The van der Waals surface area contributed by atoms with Crippen LogP contribution in [0.4, 0.5) is 5.95 Å². The SMILES string of the molecule is CC1CCCCNC(=O)c2cccc(c2)C(=O)Nc2nc3ccccc3n21. The molecule has 0 radical (unpaired) electrons. The van der Waals surface area contributed by atoms with Gasteiger partial charge in [-0.05, 0) is 56.5 Å². The Kier molecular flexibility index (Phi) is 4.62. The number of benzene rings is 2. The van der Waals surface area contributed by atoms with Crippen molar-refractivity contribution in [3.05, 3.63) is 59.7 Å². The van der Waals surface area contributed by atoms with E-state index >= 15 is 0 Å². The molecule has 138 valence electrons. The Hall–Kier alpha value is -3.15. The molecular weight excluding hydrogens is 340 g/mol. The highest BCUT2D eigenvalue weighted by molar-refractivity contribution is 6.06. The summed E-state index contributed by atoms with van der Waals surface area (Å²) in [5.74, 6) is 0.119. The lowest BCUT2D eigenvalue weighted by Crippen LogP contribution is -2.25. The smallest absolute Gasteiger partial charge is 0.257 e. The van der Waals surface area contributed by atoms with Crippen LogP contribution in [0.15, 0.2) is 48.5 Å². The van der Waals surface area contributed by atoms with E-state index in [0.29, 0.717) is 23.6 Å². The minimum absolute atomic E-state index is 0.151. The average molecular weight is 362 g/mol. The highest BCUT2D eigenvalue weighted by Gasteiger charge is 2.19. The first-order valence-electron chi connectivity index (χ1n) is 9.30. The zero-order valence-electron chi connectivity index (χ0n) is 15.2. The molecule has 2 amide bonds. The molecule has 0 fully saturated rings. The first-order chi connectivity index (χ1) is 13.1. The van der Waals surface area contributed by atoms with Gasteiger partial charge in [0, 0.05) is 23.7 Å². The first kappa shape index (κ1) is 17.3. The standard InChI is InChI=1S/C21H22N4O2/c1-14-7-4-5-12-22-19(26)15-8-6-9-16(13-15)20(27)24-21-23-17-10-2-3-11-18(17)25(14)21/h2-3,6,8-11,13-14H,4-5,7,12H2,1H3,(H,22,26)(H,23,24,27). The normalized spacial score (nSPS) is 18.3. The Balaban J connectivity index is 1.78. The number of aromatic nitrogens is 2. The van der Waals surface area contributed by atoms with Crippen molar-refractivity contribution in [2.45, 2.75) is 32.2 Å². The Morgan fingerprint density at radius 1 is 1.00 bits per heavy atom. The predicted molar refractivity (Wildman–Crippen MR) is 105 cm³/mol. The van der Waals surface area contributed by atoms with Gasteiger partial charge in [-0.2, -0.15) is 0 Å². The second-order valence-corrected chi connectivity index (χ2v) is 6.93. The lowest BCUT2D eigenvalue weighted by Gasteiger charge is -2.18. The van der Waals surface area contributed by atoms with Gasteiger partial charge in [0.2, 0.25) is 5.95 Å². The van der Waals surface area contributed by atoms with E-state index in [2.05, 4.69) is 27.1 Å². The van der Waals surface area contributed by atoms with Crippen LogP contribution in [0.5, 0.6) is 0 Å². The van der Waals surface area contributed by atoms with Gasteiger partial charge in [-0.15, -0.1) is 0 Å². The lowest BCUT2D eigenvalue weighted by molar-refractivity contribution is 0.0953. The van der Waals surface area contributed by atoms with Gasteiger partial charge in [-0.25, -0.2) is 4.98 Å². The maximum Gasteiger partial charge on any atom is 0.257 e. The highest BCUT2D eigenvalue weighted by Crippen LogP contribution is 2.27. The fourth-order valence-corrected chi connectivity index (χ4v) is 3.55. The van der Waals surface area contributed by atoms with E-state index in [1.54, 1.807) is 24.3 Å². The molecule has 2 bridgehead atoms. The number of nitrogens with one attached hydrogen (secondary N) is 2. The Labute approximate surface area is 157 Å². The first-order valence-corrected chi connectivity index (χ1v) is 9.30. The van der Waals surface area contributed by atoms with E-state index in [-0.39, 0.29) is 17.9 Å². The topological polar surface area (TPSA) is 76.0 Å². The van der Waals surface area contributed by atoms with Crippen molar-refractivity contribution in [3.63, 3.8) is 0 Å². The van der Waals surface area contributed by atoms with Crippen LogP contribution in [0.3, 0.4) is 0 Å². The summed E-state index contributed by atoms with van der Waals surface area (Å²) in [5.41, 5.74) is 2.79. The van der Waals surface area contributed by atoms with Gasteiger partial charge < -0.3 is 9.88 Å². The number of para-hydroxylation sites is 2. The molecule has 3 aromatic rings. The van der Waals surface area contributed by atoms with Crippen molar-refractivity contribution >= 4 is 28.8 Å². The molecule has 4 rings (SSSR count). The Bertz CT molecular complexity index is 1010. The van der Waals surface area contributed by atoms with Crippen molar-refractivity contribution in [1.29, 1.82) is 0 Å². The van der Waals surface area contributed by atoms with Gasteiger partial charge in [-0.3, -0.25) is 14.9 Å². The van der Waals surface area contributed by atoms with Gasteiger partial charge in [0.15, 0.2) is 0 Å². The summed E-state index contributed by atoms with van der Waals surface area (Å²) in [6.07, 6.45) is 2.82. The second-order valence-electron chi connectivity index (χ2n) is 6.93. The number of amides is 2. The van der Waals surface area contributed by atoms with Crippen molar-refractivity contribution in [2.24, 2.45) is 0 Å². The third kappa shape index (κ3) is 3.43. The molecule has 0 saturated carbocycles. The van der Waals surface area contributed by atoms with Gasteiger partial charge in [0.05, 0.1) is 11.0 Å². The summed E-state index contributed by atoms with van der Waals surface area (Å²) in [7, 11) is 0. The van der Waals surface area contributed by atoms with Crippen LogP contribution in [-0.4, -0.2) is 27.9 Å². The summed E-state index contributed by atoms with van der Waals surface area (Å²) in [4.78, 5) is 29.7. The zero-order valence-corrected chi connectivity index (χ0v) is 15.2. The highest BCUT2D eigenvalue weighted by atomic mass is 16.2. The van der Waals surface area contributed by atoms with Crippen LogP contribution >= 0.6 is 0 Å². The molecule has 1 atom stereocenters. The molecule has 1 unspecified atom stereocenters. The molecule has 1 aromatic heterocycles. The molecule has 27 heavy (non-hydrogen) atoms. The number of carbonyl (C=O) groups is 2. The number of hydrogen-bond acceptors (Lipinski definition) is 3. The number of carbonyl (C=O) groups excluding carboxylic acids is 2. The van der Waals surface area contributed by atoms with Crippen molar-refractivity contribution in [2.75, 3.05) is 11.9 Å². The predicted octanol–water partition coefficient (Wildman–Crippen LogP) is 3.76. The second kappa shape index (κ2) is 7.23. The van der Waals surface area contributed by atoms with E-state index in [4.69, 9.17) is 0 Å². The number of fused-ring (bicyclic) bond motifs is 5. The summed E-state index contributed by atoms with van der Waals surface area (Å²) in [6.45, 7) is 2.76. The molecule has 1 aliphatic heterocycles. The van der Waals surface area contributed by atoms with Gasteiger partial charge in [0.25, 0.3) is 11.8 Å². The molecular formula is C21H22N4O2. The minimum Gasteiger partial charge on any atom is -0.352 e. The molecule has 6 heteroatoms. The minimum atomic E-state index is -0.273. The van der Waals surface area contributed by atoms with Crippen molar-refractivity contribution in [3.8, 4) is 0 Å². The van der Waals surface area contributed by atoms with Crippen LogP contribution in [0.1, 0.15) is 52.9 Å². The molecule has 6 nitrogen and oxygen atoms in total. The molecule has 2 aromatic carbocycles. The summed E-state index contributed by atoms with van der Waals surface area (Å²) >= 11 is 0. The monoisotopic (exact) mass is 362 g/mol. The fraction of sp³-hybridized carbons (Fsp3) is 0.286. The van der Waals surface area contributed by atoms with Crippen LogP contribution in [-0.2, 0) is 0 Å². The summed E-state index contributed by atoms with van der Waals surface area (Å²) in [5, 5.41) is 5.87. The van der Waals surface area contributed by atoms with Gasteiger partial charge >= 0.3 is 0 Å². The molecule has 1 aliphatic rings. The zero-order chi connectivity index (χ0) is 18.8. The number of imidazole rings is 1. The van der Waals surface area contributed by atoms with Crippen molar-refractivity contribution < 1.29 is 9.59 Å². The maximum absolute atomic E-state index is 12.8. The van der Waals surface area contributed by atoms with E-state index in [1.807, 2.05) is 24.3 Å². The molecule has 2 N–H and O–H groups in total. The van der Waals surface area contributed by atoms with Gasteiger partial charge in [-0.1, -0.05) is 18.2 Å². The van der Waals surface area contributed by atoms with Crippen LogP contribution in [0, 0.1) is 0 Å². The van der Waals surface area contributed by atoms with Crippen LogP contribution < -0.4 is 10.6 Å². The lowest BCUT2D eigenvalue weighted by atomic mass is 10.1. The third-order valence-corrected chi connectivity index (χ3v) is 4.98. The number of hydrogen-bond donors (Lipinski definition) is 2. The van der Waals surface area contributed by atoms with Crippen molar-refractivity contribution in [1.82, 2.24) is 14.9 Å².